The van der Waals surface area contributed by atoms with Crippen molar-refractivity contribution < 1.29 is 5.11 Å². The van der Waals surface area contributed by atoms with Crippen LogP contribution in [0.15, 0.2) is 36.9 Å². The number of halogens is 2. The van der Waals surface area contributed by atoms with Gasteiger partial charge in [0.05, 0.1) is 12.9 Å². The van der Waals surface area contributed by atoms with Gasteiger partial charge in [-0.25, -0.2) is 4.98 Å². The van der Waals surface area contributed by atoms with E-state index in [2.05, 4.69) is 11.9 Å². The molecule has 1 aromatic heterocycles. The van der Waals surface area contributed by atoms with Crippen LogP contribution < -0.4 is 0 Å². The maximum absolute atomic E-state index is 11.3. The van der Waals surface area contributed by atoms with Crippen molar-refractivity contribution in [2.75, 3.05) is 11.5 Å². The molecule has 1 N–H and O–H groups in total. The third-order valence-corrected chi connectivity index (χ3v) is 5.73. The predicted molar refractivity (Wildman–Crippen MR) is 104 cm³/mol. The molecule has 24 heavy (non-hydrogen) atoms. The summed E-state index contributed by atoms with van der Waals surface area (Å²) >= 11 is 14.1. The summed E-state index contributed by atoms with van der Waals surface area (Å²) in [5, 5.41) is 12.4. The number of hydrogen-bond donors (Lipinski definition) is 1. The van der Waals surface area contributed by atoms with E-state index in [1.54, 1.807) is 36.4 Å². The lowest BCUT2D eigenvalue weighted by Crippen LogP contribution is -2.34. The molecule has 1 unspecified atom stereocenters. The number of unbranched alkanes of at least 4 members (excludes halogenated alkanes) is 3. The number of thioether (sulfide) groups is 1. The van der Waals surface area contributed by atoms with E-state index < -0.39 is 5.60 Å². The first-order valence-electron chi connectivity index (χ1n) is 8.26. The zero-order valence-corrected chi connectivity index (χ0v) is 16.2. The van der Waals surface area contributed by atoms with Crippen molar-refractivity contribution in [2.45, 2.75) is 44.8 Å². The fourth-order valence-electron chi connectivity index (χ4n) is 2.63. The van der Waals surface area contributed by atoms with Crippen molar-refractivity contribution in [1.82, 2.24) is 9.55 Å². The average molecular weight is 387 g/mol. The minimum atomic E-state index is -1.06. The molecule has 0 bridgehead atoms. The quantitative estimate of drug-likeness (QED) is 0.556. The maximum Gasteiger partial charge on any atom is 0.118 e. The molecule has 0 aliphatic rings. The highest BCUT2D eigenvalue weighted by Crippen LogP contribution is 2.34. The summed E-state index contributed by atoms with van der Waals surface area (Å²) in [6.07, 6.45) is 10.2. The third-order valence-electron chi connectivity index (χ3n) is 3.92. The lowest BCUT2D eigenvalue weighted by atomic mass is 9.95. The topological polar surface area (TPSA) is 38.0 Å². The van der Waals surface area contributed by atoms with Gasteiger partial charge in [-0.1, -0.05) is 55.5 Å². The van der Waals surface area contributed by atoms with Crippen LogP contribution in [0.1, 0.15) is 38.2 Å². The summed E-state index contributed by atoms with van der Waals surface area (Å²) in [7, 11) is 0. The van der Waals surface area contributed by atoms with Gasteiger partial charge in [-0.15, -0.1) is 0 Å². The Hall–Kier alpha value is -0.680. The summed E-state index contributed by atoms with van der Waals surface area (Å²) in [6.45, 7) is 2.62. The fourth-order valence-corrected chi connectivity index (χ4v) is 4.35. The Bertz CT molecular complexity index is 621. The summed E-state index contributed by atoms with van der Waals surface area (Å²) in [4.78, 5) is 4.06. The van der Waals surface area contributed by atoms with Crippen molar-refractivity contribution >= 4 is 35.0 Å². The number of aliphatic hydroxyl groups is 1. The van der Waals surface area contributed by atoms with Crippen LogP contribution in [0.2, 0.25) is 10.0 Å². The molecule has 1 aromatic carbocycles. The number of imidazole rings is 1. The van der Waals surface area contributed by atoms with Gasteiger partial charge in [0.2, 0.25) is 0 Å². The fraction of sp³-hybridized carbons (Fsp3) is 0.500. The number of aromatic nitrogens is 2. The molecule has 6 heteroatoms. The first kappa shape index (κ1) is 19.6. The minimum absolute atomic E-state index is 0.413. The van der Waals surface area contributed by atoms with Gasteiger partial charge >= 0.3 is 0 Å². The summed E-state index contributed by atoms with van der Waals surface area (Å²) in [5.41, 5.74) is -0.346. The minimum Gasteiger partial charge on any atom is -0.382 e. The van der Waals surface area contributed by atoms with E-state index in [0.29, 0.717) is 27.9 Å². The predicted octanol–water partition coefficient (Wildman–Crippen LogP) is 5.39. The largest absolute Gasteiger partial charge is 0.382 e. The summed E-state index contributed by atoms with van der Waals surface area (Å²) in [5.74, 6) is 1.62. The highest BCUT2D eigenvalue weighted by atomic mass is 35.5. The molecule has 2 rings (SSSR count). The van der Waals surface area contributed by atoms with E-state index in [4.69, 9.17) is 23.2 Å². The number of rotatable bonds is 10. The molecule has 0 saturated heterocycles. The molecule has 2 aromatic rings. The van der Waals surface area contributed by atoms with E-state index >= 15 is 0 Å². The maximum atomic E-state index is 11.3. The molecule has 3 nitrogen and oxygen atoms in total. The average Bonchev–Trinajstić information content (AvgIpc) is 3.03. The SMILES string of the molecule is CCCCCCSCC(O)(Cn1ccnc1)c1ccc(Cl)cc1Cl. The van der Waals surface area contributed by atoms with E-state index in [-0.39, 0.29) is 0 Å². The van der Waals surface area contributed by atoms with Gasteiger partial charge in [-0.3, -0.25) is 0 Å². The van der Waals surface area contributed by atoms with Gasteiger partial charge in [-0.05, 0) is 24.3 Å². The molecule has 1 heterocycles. The van der Waals surface area contributed by atoms with Crippen LogP contribution in [0.3, 0.4) is 0 Å². The van der Waals surface area contributed by atoms with Crippen LogP contribution in [0.5, 0.6) is 0 Å². The molecule has 0 amide bonds. The number of benzene rings is 1. The Labute approximate surface area is 158 Å². The monoisotopic (exact) mass is 386 g/mol. The van der Waals surface area contributed by atoms with Gasteiger partial charge in [0.25, 0.3) is 0 Å². The molecule has 0 saturated carbocycles. The zero-order valence-electron chi connectivity index (χ0n) is 13.9. The lowest BCUT2D eigenvalue weighted by molar-refractivity contribution is 0.0435. The molecule has 0 aliphatic carbocycles. The number of hydrogen-bond acceptors (Lipinski definition) is 3. The van der Waals surface area contributed by atoms with E-state index in [1.807, 2.05) is 16.8 Å². The highest BCUT2D eigenvalue weighted by molar-refractivity contribution is 7.99. The first-order chi connectivity index (χ1) is 11.5. The van der Waals surface area contributed by atoms with Crippen LogP contribution in [0, 0.1) is 0 Å². The number of nitrogens with zero attached hydrogens (tertiary/aromatic N) is 2. The summed E-state index contributed by atoms with van der Waals surface area (Å²) in [6, 6.07) is 5.27. The standard InChI is InChI=1S/C18H24Cl2N2OS/c1-2-3-4-5-10-24-13-18(23,12-22-9-8-21-14-22)16-7-6-15(19)11-17(16)20/h6-9,11,14,23H,2-5,10,12-13H2,1H3. The molecule has 0 fully saturated rings. The molecule has 0 spiro atoms. The van der Waals surface area contributed by atoms with E-state index in [1.165, 1.54) is 25.7 Å². The first-order valence-corrected chi connectivity index (χ1v) is 10.2. The Balaban J connectivity index is 2.09. The van der Waals surface area contributed by atoms with Crippen molar-refractivity contribution in [2.24, 2.45) is 0 Å². The zero-order chi connectivity index (χ0) is 17.4. The smallest absolute Gasteiger partial charge is 0.118 e. The van der Waals surface area contributed by atoms with Gasteiger partial charge < -0.3 is 9.67 Å². The highest BCUT2D eigenvalue weighted by Gasteiger charge is 2.32. The van der Waals surface area contributed by atoms with Crippen molar-refractivity contribution in [3.63, 3.8) is 0 Å². The van der Waals surface area contributed by atoms with Crippen LogP contribution >= 0.6 is 35.0 Å². The van der Waals surface area contributed by atoms with Crippen molar-refractivity contribution in [1.29, 1.82) is 0 Å². The molecule has 132 valence electrons. The van der Waals surface area contributed by atoms with Gasteiger partial charge in [0.15, 0.2) is 0 Å². The van der Waals surface area contributed by atoms with Crippen LogP contribution in [-0.4, -0.2) is 26.2 Å². The van der Waals surface area contributed by atoms with Crippen LogP contribution in [0.25, 0.3) is 0 Å². The van der Waals surface area contributed by atoms with Gasteiger partial charge in [0, 0.05) is 33.8 Å². The van der Waals surface area contributed by atoms with E-state index in [9.17, 15) is 5.11 Å². The Kier molecular flexibility index (Phi) is 7.95. The van der Waals surface area contributed by atoms with Crippen LogP contribution in [0.4, 0.5) is 0 Å². The molecular formula is C18H24Cl2N2OS. The Morgan fingerprint density at radius 2 is 2.08 bits per heavy atom. The van der Waals surface area contributed by atoms with Crippen LogP contribution in [-0.2, 0) is 12.1 Å². The third kappa shape index (κ3) is 5.69. The molecule has 0 aliphatic heterocycles. The second-order valence-electron chi connectivity index (χ2n) is 6.00. The second kappa shape index (κ2) is 9.71. The molecule has 1 atom stereocenters. The molecular weight excluding hydrogens is 363 g/mol. The second-order valence-corrected chi connectivity index (χ2v) is 7.95. The Morgan fingerprint density at radius 1 is 1.25 bits per heavy atom. The molecule has 0 radical (unpaired) electrons. The Morgan fingerprint density at radius 3 is 2.75 bits per heavy atom. The lowest BCUT2D eigenvalue weighted by Gasteiger charge is -2.30. The van der Waals surface area contributed by atoms with E-state index in [0.717, 1.165) is 5.75 Å². The van der Waals surface area contributed by atoms with Gasteiger partial charge in [-0.2, -0.15) is 11.8 Å². The van der Waals surface area contributed by atoms with Crippen molar-refractivity contribution in [3.05, 3.63) is 52.5 Å². The normalized spacial score (nSPS) is 13.8. The van der Waals surface area contributed by atoms with Gasteiger partial charge in [0.1, 0.15) is 5.60 Å². The summed E-state index contributed by atoms with van der Waals surface area (Å²) < 4.78 is 1.88. The van der Waals surface area contributed by atoms with Crippen molar-refractivity contribution in [3.8, 4) is 0 Å².